The summed E-state index contributed by atoms with van der Waals surface area (Å²) in [6.45, 7) is 2.51. The van der Waals surface area contributed by atoms with Gasteiger partial charge in [-0.1, -0.05) is 12.2 Å². The third-order valence-electron chi connectivity index (χ3n) is 4.07. The molecule has 3 aliphatic rings. The molecule has 1 heterocycles. The largest absolute Gasteiger partial charge is 0.316 e. The van der Waals surface area contributed by atoms with Crippen LogP contribution in [0.1, 0.15) is 25.7 Å². The Kier molecular flexibility index (Phi) is 1.93. The van der Waals surface area contributed by atoms with E-state index in [9.17, 15) is 0 Å². The second-order valence-electron chi connectivity index (χ2n) is 5.04. The van der Waals surface area contributed by atoms with Gasteiger partial charge < -0.3 is 5.32 Å². The van der Waals surface area contributed by atoms with Gasteiger partial charge in [0, 0.05) is 0 Å². The number of hydrogen-bond acceptors (Lipinski definition) is 1. The molecule has 2 aliphatic carbocycles. The fourth-order valence-electron chi connectivity index (χ4n) is 3.04. The lowest BCUT2D eigenvalue weighted by atomic mass is 9.74. The molecular weight excluding hydrogens is 158 g/mol. The van der Waals surface area contributed by atoms with Crippen LogP contribution in [-0.4, -0.2) is 13.1 Å². The van der Waals surface area contributed by atoms with Crippen LogP contribution in [0.15, 0.2) is 12.2 Å². The Morgan fingerprint density at radius 2 is 1.77 bits per heavy atom. The van der Waals surface area contributed by atoms with E-state index in [1.807, 2.05) is 0 Å². The Morgan fingerprint density at radius 3 is 2.62 bits per heavy atom. The molecule has 0 aromatic carbocycles. The van der Waals surface area contributed by atoms with Crippen molar-refractivity contribution in [2.45, 2.75) is 25.7 Å². The molecule has 0 amide bonds. The minimum absolute atomic E-state index is 0.913. The summed E-state index contributed by atoms with van der Waals surface area (Å²) in [5, 5.41) is 3.53. The average Bonchev–Trinajstić information content (AvgIpc) is 3.00. The van der Waals surface area contributed by atoms with Gasteiger partial charge in [-0.15, -0.1) is 0 Å². The van der Waals surface area contributed by atoms with Crippen molar-refractivity contribution in [1.29, 1.82) is 0 Å². The van der Waals surface area contributed by atoms with E-state index in [4.69, 9.17) is 0 Å². The minimum atomic E-state index is 0.913. The molecule has 1 saturated heterocycles. The molecule has 3 unspecified atom stereocenters. The first-order valence-electron chi connectivity index (χ1n) is 5.82. The van der Waals surface area contributed by atoms with Gasteiger partial charge >= 0.3 is 0 Å². The number of fused-ring (bicyclic) bond motifs is 1. The smallest absolute Gasteiger partial charge is 0.00147 e. The SMILES string of the molecule is C1=CC2CCNCC2CC1C1CC1. The first kappa shape index (κ1) is 8.05. The van der Waals surface area contributed by atoms with E-state index in [1.54, 1.807) is 0 Å². The Labute approximate surface area is 80.6 Å². The van der Waals surface area contributed by atoms with Gasteiger partial charge in [0.25, 0.3) is 0 Å². The van der Waals surface area contributed by atoms with E-state index in [0.29, 0.717) is 0 Å². The van der Waals surface area contributed by atoms with E-state index in [2.05, 4.69) is 17.5 Å². The van der Waals surface area contributed by atoms with Crippen molar-refractivity contribution in [3.8, 4) is 0 Å². The van der Waals surface area contributed by atoms with Crippen molar-refractivity contribution >= 4 is 0 Å². The molecule has 72 valence electrons. The molecule has 13 heavy (non-hydrogen) atoms. The molecule has 1 nitrogen and oxygen atoms in total. The van der Waals surface area contributed by atoms with Gasteiger partial charge in [-0.25, -0.2) is 0 Å². The zero-order valence-corrected chi connectivity index (χ0v) is 8.21. The summed E-state index contributed by atoms with van der Waals surface area (Å²) < 4.78 is 0. The summed E-state index contributed by atoms with van der Waals surface area (Å²) in [6, 6.07) is 0. The van der Waals surface area contributed by atoms with E-state index in [-0.39, 0.29) is 0 Å². The second kappa shape index (κ2) is 3.13. The molecule has 2 fully saturated rings. The van der Waals surface area contributed by atoms with Crippen LogP contribution in [0.2, 0.25) is 0 Å². The third-order valence-corrected chi connectivity index (χ3v) is 4.07. The van der Waals surface area contributed by atoms with Crippen LogP contribution in [0.5, 0.6) is 0 Å². The molecule has 3 rings (SSSR count). The molecule has 0 spiro atoms. The molecule has 1 heteroatoms. The highest BCUT2D eigenvalue weighted by Gasteiger charge is 2.36. The highest BCUT2D eigenvalue weighted by molar-refractivity contribution is 5.06. The zero-order chi connectivity index (χ0) is 8.67. The third kappa shape index (κ3) is 1.54. The summed E-state index contributed by atoms with van der Waals surface area (Å²) in [5.41, 5.74) is 0. The van der Waals surface area contributed by atoms with E-state index < -0.39 is 0 Å². The van der Waals surface area contributed by atoms with E-state index in [0.717, 1.165) is 23.7 Å². The number of nitrogens with one attached hydrogen (secondary N) is 1. The van der Waals surface area contributed by atoms with Crippen molar-refractivity contribution in [1.82, 2.24) is 5.32 Å². The lowest BCUT2D eigenvalue weighted by molar-refractivity contribution is 0.238. The standard InChI is InChI=1S/C12H19N/c1-2-9(1)11-4-3-10-5-6-13-8-12(10)7-11/h3-4,9-13H,1-2,5-8H2. The maximum absolute atomic E-state index is 3.53. The normalized spacial score (nSPS) is 44.5. The first-order valence-corrected chi connectivity index (χ1v) is 5.82. The Balaban J connectivity index is 1.71. The second-order valence-corrected chi connectivity index (χ2v) is 5.04. The molecule has 1 saturated carbocycles. The van der Waals surface area contributed by atoms with Crippen LogP contribution >= 0.6 is 0 Å². The maximum atomic E-state index is 3.53. The van der Waals surface area contributed by atoms with Gasteiger partial charge in [0.1, 0.15) is 0 Å². The van der Waals surface area contributed by atoms with Crippen LogP contribution in [0, 0.1) is 23.7 Å². The predicted octanol–water partition coefficient (Wildman–Crippen LogP) is 2.20. The van der Waals surface area contributed by atoms with Crippen molar-refractivity contribution in [2.75, 3.05) is 13.1 Å². The van der Waals surface area contributed by atoms with Gasteiger partial charge in [-0.3, -0.25) is 0 Å². The van der Waals surface area contributed by atoms with Crippen molar-refractivity contribution in [2.24, 2.45) is 23.7 Å². The Bertz CT molecular complexity index is 217. The maximum Gasteiger partial charge on any atom is -0.00147 e. The zero-order valence-electron chi connectivity index (χ0n) is 8.21. The Morgan fingerprint density at radius 1 is 0.923 bits per heavy atom. The van der Waals surface area contributed by atoms with Gasteiger partial charge in [0.05, 0.1) is 0 Å². The fraction of sp³-hybridized carbons (Fsp3) is 0.833. The molecule has 0 aromatic rings. The van der Waals surface area contributed by atoms with Gasteiger partial charge in [-0.05, 0) is 62.4 Å². The van der Waals surface area contributed by atoms with E-state index >= 15 is 0 Å². The average molecular weight is 177 g/mol. The molecule has 1 aliphatic heterocycles. The molecular formula is C12H19N. The highest BCUT2D eigenvalue weighted by Crippen LogP contribution is 2.44. The van der Waals surface area contributed by atoms with Crippen LogP contribution in [0.3, 0.4) is 0 Å². The molecule has 3 atom stereocenters. The number of hydrogen-bond donors (Lipinski definition) is 1. The molecule has 0 bridgehead atoms. The van der Waals surface area contributed by atoms with Crippen LogP contribution < -0.4 is 5.32 Å². The number of piperidine rings is 1. The quantitative estimate of drug-likeness (QED) is 0.605. The summed E-state index contributed by atoms with van der Waals surface area (Å²) in [5.74, 6) is 3.89. The highest BCUT2D eigenvalue weighted by atomic mass is 14.9. The van der Waals surface area contributed by atoms with Crippen LogP contribution in [-0.2, 0) is 0 Å². The summed E-state index contributed by atoms with van der Waals surface area (Å²) in [6.07, 6.45) is 10.9. The topological polar surface area (TPSA) is 12.0 Å². The lowest BCUT2D eigenvalue weighted by Crippen LogP contribution is -2.38. The Hall–Kier alpha value is -0.300. The molecule has 0 radical (unpaired) electrons. The minimum Gasteiger partial charge on any atom is -0.316 e. The van der Waals surface area contributed by atoms with Crippen molar-refractivity contribution < 1.29 is 0 Å². The van der Waals surface area contributed by atoms with Gasteiger partial charge in [0.15, 0.2) is 0 Å². The van der Waals surface area contributed by atoms with Crippen molar-refractivity contribution in [3.63, 3.8) is 0 Å². The number of rotatable bonds is 1. The number of allylic oxidation sites excluding steroid dienone is 2. The lowest BCUT2D eigenvalue weighted by Gasteiger charge is -2.35. The van der Waals surface area contributed by atoms with Gasteiger partial charge in [-0.2, -0.15) is 0 Å². The van der Waals surface area contributed by atoms with Crippen LogP contribution in [0.25, 0.3) is 0 Å². The monoisotopic (exact) mass is 177 g/mol. The van der Waals surface area contributed by atoms with E-state index in [1.165, 1.54) is 38.8 Å². The molecule has 1 N–H and O–H groups in total. The van der Waals surface area contributed by atoms with Gasteiger partial charge in [0.2, 0.25) is 0 Å². The predicted molar refractivity (Wildman–Crippen MR) is 54.4 cm³/mol. The molecule has 0 aromatic heterocycles. The van der Waals surface area contributed by atoms with Crippen molar-refractivity contribution in [3.05, 3.63) is 12.2 Å². The first-order chi connectivity index (χ1) is 6.43. The fourth-order valence-corrected chi connectivity index (χ4v) is 3.04. The summed E-state index contributed by atoms with van der Waals surface area (Å²) >= 11 is 0. The summed E-state index contributed by atoms with van der Waals surface area (Å²) in [7, 11) is 0. The van der Waals surface area contributed by atoms with Crippen LogP contribution in [0.4, 0.5) is 0 Å². The summed E-state index contributed by atoms with van der Waals surface area (Å²) in [4.78, 5) is 0.